The zero-order valence-corrected chi connectivity index (χ0v) is 6.73. The first-order chi connectivity index (χ1) is 2.27. The third-order valence-corrected chi connectivity index (χ3v) is 0.289. The van der Waals surface area contributed by atoms with E-state index in [0.717, 1.165) is 0 Å². The Morgan fingerprint density at radius 1 is 1.83 bits per heavy atom. The number of hydrogen-bond acceptors (Lipinski definition) is 2. The largest absolute Gasteiger partial charge is 3.00 e. The second-order valence-corrected chi connectivity index (χ2v) is 0.726. The van der Waals surface area contributed by atoms with Crippen LogP contribution in [-0.2, 0) is 4.79 Å². The van der Waals surface area contributed by atoms with Gasteiger partial charge in [0.05, 0.1) is 0 Å². The Bertz CT molecular complexity index is 44.1. The molecule has 0 aromatic rings. The van der Waals surface area contributed by atoms with E-state index in [1.165, 1.54) is 6.92 Å². The molecule has 0 spiro atoms. The first kappa shape index (κ1) is 9.94. The van der Waals surface area contributed by atoms with Gasteiger partial charge in [0.25, 0.3) is 0 Å². The fourth-order valence-corrected chi connectivity index (χ4v) is 0. The standard InChI is InChI=1S/C3H6O2.Nd/c1-2-3(4)5;/h2H2,1H3,(H,4,5);/q;+3/p-1. The van der Waals surface area contributed by atoms with Gasteiger partial charge in [-0.1, -0.05) is 6.92 Å². The van der Waals surface area contributed by atoms with Crippen molar-refractivity contribution in [3.8, 4) is 0 Å². The summed E-state index contributed by atoms with van der Waals surface area (Å²) in [5.74, 6) is -0.995. The summed E-state index contributed by atoms with van der Waals surface area (Å²) in [6, 6.07) is 0. The average molecular weight is 217 g/mol. The molecule has 6 heavy (non-hydrogen) atoms. The topological polar surface area (TPSA) is 40.1 Å². The van der Waals surface area contributed by atoms with Gasteiger partial charge in [-0.05, 0) is 6.42 Å². The number of carboxylic acid groups (broad SMARTS) is 1. The van der Waals surface area contributed by atoms with Gasteiger partial charge >= 0.3 is 40.8 Å². The average Bonchev–Trinajstić information content (AvgIpc) is 1.38. The summed E-state index contributed by atoms with van der Waals surface area (Å²) in [6.07, 6.45) is 0.111. The van der Waals surface area contributed by atoms with E-state index in [0.29, 0.717) is 0 Å². The molecule has 0 atom stereocenters. The van der Waals surface area contributed by atoms with Crippen molar-refractivity contribution < 1.29 is 50.7 Å². The number of rotatable bonds is 1. The summed E-state index contributed by atoms with van der Waals surface area (Å²) in [5, 5.41) is 9.26. The maximum Gasteiger partial charge on any atom is 3.00 e. The van der Waals surface area contributed by atoms with Gasteiger partial charge in [0, 0.05) is 5.97 Å². The van der Waals surface area contributed by atoms with Gasteiger partial charge < -0.3 is 9.90 Å². The number of carboxylic acids is 1. The molecule has 0 aromatic heterocycles. The second-order valence-electron chi connectivity index (χ2n) is 0.726. The minimum Gasteiger partial charge on any atom is -0.550 e. The number of carbonyl (C=O) groups excluding carboxylic acids is 1. The van der Waals surface area contributed by atoms with E-state index in [-0.39, 0.29) is 47.3 Å². The first-order valence-corrected chi connectivity index (χ1v) is 1.47. The van der Waals surface area contributed by atoms with E-state index in [1.807, 2.05) is 0 Å². The fraction of sp³-hybridized carbons (Fsp3) is 0.667. The molecule has 3 heteroatoms. The van der Waals surface area contributed by atoms with Gasteiger partial charge in [-0.3, -0.25) is 0 Å². The van der Waals surface area contributed by atoms with Crippen LogP contribution >= 0.6 is 0 Å². The SMILES string of the molecule is CCC(=O)[O-].[Nd+3]. The van der Waals surface area contributed by atoms with E-state index in [9.17, 15) is 9.90 Å². The Morgan fingerprint density at radius 3 is 2.00 bits per heavy atom. The molecule has 0 bridgehead atoms. The van der Waals surface area contributed by atoms with E-state index >= 15 is 0 Å². The molecule has 0 N–H and O–H groups in total. The van der Waals surface area contributed by atoms with Gasteiger partial charge in [-0.25, -0.2) is 0 Å². The molecule has 31 valence electrons. The molecule has 0 amide bonds. The zero-order chi connectivity index (χ0) is 4.28. The Balaban J connectivity index is 0. The smallest absolute Gasteiger partial charge is 0.550 e. The van der Waals surface area contributed by atoms with Gasteiger partial charge in [0.2, 0.25) is 0 Å². The molecule has 1 radical (unpaired) electrons. The minimum absolute atomic E-state index is 0. The van der Waals surface area contributed by atoms with Crippen LogP contribution < -0.4 is 5.11 Å². The number of aliphatic carboxylic acids is 1. The summed E-state index contributed by atoms with van der Waals surface area (Å²) >= 11 is 0. The van der Waals surface area contributed by atoms with E-state index < -0.39 is 5.97 Å². The third kappa shape index (κ3) is 8.84. The summed E-state index contributed by atoms with van der Waals surface area (Å²) in [7, 11) is 0. The van der Waals surface area contributed by atoms with E-state index in [1.54, 1.807) is 0 Å². The first-order valence-electron chi connectivity index (χ1n) is 1.47. The molecular formula is C3H5NdO2+2. The second kappa shape index (κ2) is 5.82. The van der Waals surface area contributed by atoms with Crippen LogP contribution in [0.5, 0.6) is 0 Å². The summed E-state index contributed by atoms with van der Waals surface area (Å²) in [4.78, 5) is 9.26. The molecular weight excluding hydrogens is 212 g/mol. The molecule has 0 aliphatic heterocycles. The zero-order valence-electron chi connectivity index (χ0n) is 3.52. The van der Waals surface area contributed by atoms with Crippen LogP contribution in [0.2, 0.25) is 0 Å². The summed E-state index contributed by atoms with van der Waals surface area (Å²) in [5.41, 5.74) is 0. The van der Waals surface area contributed by atoms with Crippen LogP contribution in [0.4, 0.5) is 0 Å². The van der Waals surface area contributed by atoms with Crippen LogP contribution in [0, 0.1) is 40.8 Å². The van der Waals surface area contributed by atoms with Crippen molar-refractivity contribution in [3.63, 3.8) is 0 Å². The minimum atomic E-state index is -0.995. The summed E-state index contributed by atoms with van der Waals surface area (Å²) in [6.45, 7) is 1.54. The van der Waals surface area contributed by atoms with Crippen molar-refractivity contribution in [3.05, 3.63) is 0 Å². The Kier molecular flexibility index (Phi) is 9.65. The fourth-order valence-electron chi connectivity index (χ4n) is 0. The molecule has 0 unspecified atom stereocenters. The van der Waals surface area contributed by atoms with Crippen LogP contribution in [-0.4, -0.2) is 5.97 Å². The molecule has 0 aliphatic rings. The Labute approximate surface area is 69.5 Å². The van der Waals surface area contributed by atoms with Gasteiger partial charge in [-0.2, -0.15) is 0 Å². The maximum absolute atomic E-state index is 9.26. The molecule has 0 heterocycles. The van der Waals surface area contributed by atoms with Crippen LogP contribution in [0.3, 0.4) is 0 Å². The molecule has 2 nitrogen and oxygen atoms in total. The molecule has 0 aromatic carbocycles. The molecule has 0 fully saturated rings. The van der Waals surface area contributed by atoms with Crippen molar-refractivity contribution >= 4 is 5.97 Å². The quantitative estimate of drug-likeness (QED) is 0.574. The monoisotopic (exact) mass is 215 g/mol. The van der Waals surface area contributed by atoms with Crippen LogP contribution in [0.1, 0.15) is 13.3 Å². The molecule has 0 saturated heterocycles. The molecule has 0 saturated carbocycles. The normalized spacial score (nSPS) is 6.17. The Morgan fingerprint density at radius 2 is 2.00 bits per heavy atom. The number of carbonyl (C=O) groups is 1. The van der Waals surface area contributed by atoms with Crippen molar-refractivity contribution in [1.29, 1.82) is 0 Å². The molecule has 0 rings (SSSR count). The van der Waals surface area contributed by atoms with Crippen molar-refractivity contribution in [2.45, 2.75) is 13.3 Å². The predicted octanol–water partition coefficient (Wildman–Crippen LogP) is -0.854. The summed E-state index contributed by atoms with van der Waals surface area (Å²) < 4.78 is 0. The Hall–Kier alpha value is 0.821. The van der Waals surface area contributed by atoms with Gasteiger partial charge in [-0.15, -0.1) is 0 Å². The van der Waals surface area contributed by atoms with E-state index in [4.69, 9.17) is 0 Å². The van der Waals surface area contributed by atoms with Crippen molar-refractivity contribution in [2.24, 2.45) is 0 Å². The van der Waals surface area contributed by atoms with Crippen LogP contribution in [0.15, 0.2) is 0 Å². The third-order valence-electron chi connectivity index (χ3n) is 0.289. The number of hydrogen-bond donors (Lipinski definition) is 0. The van der Waals surface area contributed by atoms with Crippen molar-refractivity contribution in [1.82, 2.24) is 0 Å². The van der Waals surface area contributed by atoms with Crippen LogP contribution in [0.25, 0.3) is 0 Å². The van der Waals surface area contributed by atoms with Gasteiger partial charge in [0.1, 0.15) is 0 Å². The van der Waals surface area contributed by atoms with E-state index in [2.05, 4.69) is 0 Å². The predicted molar refractivity (Wildman–Crippen MR) is 15.3 cm³/mol. The maximum atomic E-state index is 9.26. The molecule has 0 aliphatic carbocycles. The van der Waals surface area contributed by atoms with Crippen molar-refractivity contribution in [2.75, 3.05) is 0 Å². The van der Waals surface area contributed by atoms with Gasteiger partial charge in [0.15, 0.2) is 0 Å².